The molecule has 0 aliphatic rings. The molecule has 0 bridgehead atoms. The van der Waals surface area contributed by atoms with E-state index >= 15 is 0 Å². The summed E-state index contributed by atoms with van der Waals surface area (Å²) in [5.74, 6) is -1.86. The monoisotopic (exact) mass is 434 g/mol. The fraction of sp³-hybridized carbons (Fsp3) is 0.435. The van der Waals surface area contributed by atoms with Crippen molar-refractivity contribution in [2.75, 3.05) is 11.9 Å². The number of nitrogens with zero attached hydrogens (tertiary/aromatic N) is 1. The van der Waals surface area contributed by atoms with Crippen LogP contribution in [0.4, 0.5) is 15.8 Å². The van der Waals surface area contributed by atoms with E-state index in [4.69, 9.17) is 9.47 Å². The number of benzene rings is 1. The van der Waals surface area contributed by atoms with Gasteiger partial charge in [0.2, 0.25) is 0 Å². The van der Waals surface area contributed by atoms with Gasteiger partial charge in [-0.3, -0.25) is 9.59 Å². The van der Waals surface area contributed by atoms with Crippen LogP contribution in [0.1, 0.15) is 57.5 Å². The normalized spacial score (nSPS) is 10.6. The number of rotatable bonds is 6. The van der Waals surface area contributed by atoms with Gasteiger partial charge in [-0.2, -0.15) is 0 Å². The lowest BCUT2D eigenvalue weighted by Crippen LogP contribution is -2.31. The third kappa shape index (κ3) is 7.88. The van der Waals surface area contributed by atoms with E-state index in [0.717, 1.165) is 16.2 Å². The van der Waals surface area contributed by atoms with Crippen LogP contribution in [0.5, 0.6) is 0 Å². The second-order valence-corrected chi connectivity index (χ2v) is 7.48. The molecular weight excluding hydrogens is 403 g/mol. The molecule has 8 heteroatoms. The van der Waals surface area contributed by atoms with Crippen molar-refractivity contribution >= 4 is 23.3 Å². The van der Waals surface area contributed by atoms with Gasteiger partial charge in [-0.15, -0.1) is 0 Å². The van der Waals surface area contributed by atoms with E-state index in [-0.39, 0.29) is 30.1 Å². The van der Waals surface area contributed by atoms with Crippen molar-refractivity contribution in [3.63, 3.8) is 0 Å². The Morgan fingerprint density at radius 1 is 1.13 bits per heavy atom. The van der Waals surface area contributed by atoms with Gasteiger partial charge in [-0.1, -0.05) is 19.9 Å². The van der Waals surface area contributed by atoms with Crippen molar-refractivity contribution in [1.29, 1.82) is 0 Å². The molecule has 0 amide bonds. The molecule has 0 atom stereocenters. The maximum atomic E-state index is 14.2. The summed E-state index contributed by atoms with van der Waals surface area (Å²) >= 11 is 0. The lowest BCUT2D eigenvalue weighted by atomic mass is 10.2. The molecule has 2 aromatic rings. The van der Waals surface area contributed by atoms with Gasteiger partial charge in [0.25, 0.3) is 5.56 Å². The number of anilines is 2. The summed E-state index contributed by atoms with van der Waals surface area (Å²) in [5.41, 5.74) is -0.364. The van der Waals surface area contributed by atoms with Crippen LogP contribution in [0, 0.1) is 12.7 Å². The largest absolute Gasteiger partial charge is 0.462 e. The third-order valence-corrected chi connectivity index (χ3v) is 3.73. The number of halogens is 1. The Hall–Kier alpha value is -3.16. The van der Waals surface area contributed by atoms with E-state index in [1.54, 1.807) is 40.7 Å². The molecule has 0 aliphatic heterocycles. The number of aromatic nitrogens is 1. The zero-order valence-corrected chi connectivity index (χ0v) is 19.2. The lowest BCUT2D eigenvalue weighted by molar-refractivity contribution is -0.155. The van der Waals surface area contributed by atoms with Crippen LogP contribution >= 0.6 is 0 Å². The molecule has 2 rings (SSSR count). The van der Waals surface area contributed by atoms with Crippen molar-refractivity contribution in [1.82, 2.24) is 4.57 Å². The zero-order chi connectivity index (χ0) is 23.8. The van der Waals surface area contributed by atoms with Crippen LogP contribution in [0.2, 0.25) is 0 Å². The molecule has 170 valence electrons. The molecule has 0 spiro atoms. The molecule has 0 aliphatic carbocycles. The van der Waals surface area contributed by atoms with Gasteiger partial charge < -0.3 is 19.4 Å². The van der Waals surface area contributed by atoms with Crippen molar-refractivity contribution < 1.29 is 23.5 Å². The molecule has 7 nitrogen and oxygen atoms in total. The molecule has 1 aromatic heterocycles. The smallest absolute Gasteiger partial charge is 0.341 e. The summed E-state index contributed by atoms with van der Waals surface area (Å²) in [6.07, 6.45) is 1.21. The van der Waals surface area contributed by atoms with Crippen LogP contribution in [0.15, 0.2) is 35.3 Å². The number of aryl methyl sites for hydroxylation is 1. The molecule has 0 saturated carbocycles. The van der Waals surface area contributed by atoms with E-state index < -0.39 is 28.9 Å². The standard InChI is InChI=1S/C21H25FN2O5.C2H6/c1-6-28-20(27)14-11-24(12-19(26)29-21(3,4)5)18(25)10-17(14)23-16-8-7-13(2)9-15(16)22;1-2/h7-11,23H,6,12H2,1-5H3;1-2H3. The molecule has 0 radical (unpaired) electrons. The second-order valence-electron chi connectivity index (χ2n) is 7.48. The number of carbonyl (C=O) groups is 2. The average molecular weight is 435 g/mol. The summed E-state index contributed by atoms with van der Waals surface area (Å²) in [6.45, 7) is 12.3. The van der Waals surface area contributed by atoms with Gasteiger partial charge in [0.15, 0.2) is 0 Å². The highest BCUT2D eigenvalue weighted by atomic mass is 19.1. The Balaban J connectivity index is 0.00000233. The average Bonchev–Trinajstić information content (AvgIpc) is 2.66. The highest BCUT2D eigenvalue weighted by Gasteiger charge is 2.20. The van der Waals surface area contributed by atoms with E-state index in [1.165, 1.54) is 18.3 Å². The second kappa shape index (κ2) is 11.3. The fourth-order valence-electron chi connectivity index (χ4n) is 2.55. The van der Waals surface area contributed by atoms with Gasteiger partial charge in [0, 0.05) is 12.3 Å². The Labute approximate surface area is 182 Å². The number of carbonyl (C=O) groups excluding carboxylic acids is 2. The van der Waals surface area contributed by atoms with Gasteiger partial charge in [0.05, 0.1) is 23.5 Å². The van der Waals surface area contributed by atoms with E-state index in [1.807, 2.05) is 13.8 Å². The Morgan fingerprint density at radius 3 is 2.32 bits per heavy atom. The van der Waals surface area contributed by atoms with Crippen LogP contribution in [0.25, 0.3) is 0 Å². The third-order valence-electron chi connectivity index (χ3n) is 3.73. The van der Waals surface area contributed by atoms with Gasteiger partial charge in [0.1, 0.15) is 18.0 Å². The minimum absolute atomic E-state index is 0.00464. The summed E-state index contributed by atoms with van der Waals surface area (Å²) in [5, 5.41) is 2.76. The first-order valence-corrected chi connectivity index (χ1v) is 10.2. The van der Waals surface area contributed by atoms with Crippen molar-refractivity contribution in [2.24, 2.45) is 0 Å². The number of ether oxygens (including phenoxy) is 2. The minimum atomic E-state index is -0.713. The van der Waals surface area contributed by atoms with E-state index in [9.17, 15) is 18.8 Å². The first-order chi connectivity index (χ1) is 14.5. The number of esters is 2. The summed E-state index contributed by atoms with van der Waals surface area (Å²) in [4.78, 5) is 36.9. The summed E-state index contributed by atoms with van der Waals surface area (Å²) in [7, 11) is 0. The number of hydrogen-bond donors (Lipinski definition) is 1. The molecule has 0 fully saturated rings. The Bertz CT molecular complexity index is 977. The molecule has 0 saturated heterocycles. The van der Waals surface area contributed by atoms with Gasteiger partial charge in [-0.25, -0.2) is 9.18 Å². The van der Waals surface area contributed by atoms with E-state index in [0.29, 0.717) is 0 Å². The van der Waals surface area contributed by atoms with Crippen molar-refractivity contribution in [2.45, 2.75) is 60.6 Å². The number of pyridine rings is 1. The molecular formula is C23H31FN2O5. The van der Waals surface area contributed by atoms with Crippen molar-refractivity contribution in [3.8, 4) is 0 Å². The fourth-order valence-corrected chi connectivity index (χ4v) is 2.55. The summed E-state index contributed by atoms with van der Waals surface area (Å²) < 4.78 is 25.5. The highest BCUT2D eigenvalue weighted by Crippen LogP contribution is 2.23. The Morgan fingerprint density at radius 2 is 1.77 bits per heavy atom. The predicted molar refractivity (Wildman–Crippen MR) is 118 cm³/mol. The van der Waals surface area contributed by atoms with Crippen molar-refractivity contribution in [3.05, 3.63) is 57.8 Å². The Kier molecular flexibility index (Phi) is 9.42. The van der Waals surface area contributed by atoms with Gasteiger partial charge >= 0.3 is 11.9 Å². The topological polar surface area (TPSA) is 86.6 Å². The molecule has 31 heavy (non-hydrogen) atoms. The predicted octanol–water partition coefficient (Wildman–Crippen LogP) is 4.58. The van der Waals surface area contributed by atoms with Crippen LogP contribution in [-0.4, -0.2) is 28.7 Å². The maximum Gasteiger partial charge on any atom is 0.341 e. The van der Waals surface area contributed by atoms with E-state index in [2.05, 4.69) is 5.32 Å². The number of hydrogen-bond acceptors (Lipinski definition) is 6. The number of nitrogens with one attached hydrogen (secondary N) is 1. The first kappa shape index (κ1) is 25.9. The van der Waals surface area contributed by atoms with Crippen LogP contribution in [-0.2, 0) is 20.8 Å². The SMILES string of the molecule is CC.CCOC(=O)c1cn(CC(=O)OC(C)(C)C)c(=O)cc1Nc1ccc(C)cc1F. The quantitative estimate of drug-likeness (QED) is 0.670. The van der Waals surface area contributed by atoms with Crippen LogP contribution < -0.4 is 10.9 Å². The van der Waals surface area contributed by atoms with Crippen LogP contribution in [0.3, 0.4) is 0 Å². The highest BCUT2D eigenvalue weighted by molar-refractivity contribution is 5.96. The maximum absolute atomic E-state index is 14.2. The first-order valence-electron chi connectivity index (χ1n) is 10.2. The summed E-state index contributed by atoms with van der Waals surface area (Å²) in [6, 6.07) is 5.65. The minimum Gasteiger partial charge on any atom is -0.462 e. The molecule has 0 unspecified atom stereocenters. The zero-order valence-electron chi connectivity index (χ0n) is 19.2. The molecule has 1 aromatic carbocycles. The lowest BCUT2D eigenvalue weighted by Gasteiger charge is -2.20. The molecule has 1 N–H and O–H groups in total. The van der Waals surface area contributed by atoms with Gasteiger partial charge in [-0.05, 0) is 52.3 Å². The molecule has 1 heterocycles.